The van der Waals surface area contributed by atoms with Gasteiger partial charge in [-0.25, -0.2) is 14.8 Å². The van der Waals surface area contributed by atoms with Crippen LogP contribution in [-0.2, 0) is 0 Å². The lowest BCUT2D eigenvalue weighted by atomic mass is 10.1. The summed E-state index contributed by atoms with van der Waals surface area (Å²) in [6.07, 6.45) is -1.14. The Morgan fingerprint density at radius 3 is 2.72 bits per heavy atom. The van der Waals surface area contributed by atoms with Gasteiger partial charge in [0, 0.05) is 11.3 Å². The molecule has 2 N–H and O–H groups in total. The standard InChI is InChI=1S/C12H10ClN3O2/c1-7-6-10(13)16-11(14-7)8-4-2-3-5-9(8)15-12(17)18/h2-6,15H,1H3,(H,17,18). The first-order chi connectivity index (χ1) is 8.56. The third-order valence-electron chi connectivity index (χ3n) is 2.23. The van der Waals surface area contributed by atoms with Gasteiger partial charge in [0.15, 0.2) is 5.82 Å². The van der Waals surface area contributed by atoms with Crippen LogP contribution in [0, 0.1) is 6.92 Å². The van der Waals surface area contributed by atoms with Crippen molar-refractivity contribution in [1.82, 2.24) is 9.97 Å². The van der Waals surface area contributed by atoms with E-state index < -0.39 is 6.09 Å². The highest BCUT2D eigenvalue weighted by Gasteiger charge is 2.10. The van der Waals surface area contributed by atoms with Crippen LogP contribution in [0.25, 0.3) is 11.4 Å². The molecule has 0 bridgehead atoms. The summed E-state index contributed by atoms with van der Waals surface area (Å²) in [6.45, 7) is 1.80. The normalized spacial score (nSPS) is 10.1. The van der Waals surface area contributed by atoms with Crippen molar-refractivity contribution in [2.24, 2.45) is 0 Å². The van der Waals surface area contributed by atoms with Gasteiger partial charge in [-0.05, 0) is 25.1 Å². The number of aryl methyl sites for hydroxylation is 1. The third kappa shape index (κ3) is 2.75. The molecule has 0 saturated heterocycles. The predicted octanol–water partition coefficient (Wildman–Crippen LogP) is 3.20. The number of carboxylic acid groups (broad SMARTS) is 1. The van der Waals surface area contributed by atoms with Crippen LogP contribution in [0.3, 0.4) is 0 Å². The molecule has 18 heavy (non-hydrogen) atoms. The largest absolute Gasteiger partial charge is 0.465 e. The van der Waals surface area contributed by atoms with Crippen molar-refractivity contribution in [3.8, 4) is 11.4 Å². The average Bonchev–Trinajstić information content (AvgIpc) is 2.27. The lowest BCUT2D eigenvalue weighted by Gasteiger charge is -2.08. The quantitative estimate of drug-likeness (QED) is 0.816. The number of rotatable bonds is 2. The molecule has 0 unspecified atom stereocenters. The Kier molecular flexibility index (Phi) is 3.43. The molecule has 0 radical (unpaired) electrons. The number of anilines is 1. The molecule has 1 aromatic carbocycles. The Balaban J connectivity index is 2.52. The molecule has 2 aromatic rings. The Morgan fingerprint density at radius 2 is 2.06 bits per heavy atom. The van der Waals surface area contributed by atoms with Crippen LogP contribution >= 0.6 is 11.6 Å². The average molecular weight is 264 g/mol. The van der Waals surface area contributed by atoms with E-state index in [4.69, 9.17) is 16.7 Å². The Morgan fingerprint density at radius 1 is 1.33 bits per heavy atom. The molecule has 0 atom stereocenters. The van der Waals surface area contributed by atoms with Crippen LogP contribution in [0.1, 0.15) is 5.69 Å². The lowest BCUT2D eigenvalue weighted by molar-refractivity contribution is 0.210. The van der Waals surface area contributed by atoms with E-state index in [-0.39, 0.29) is 0 Å². The van der Waals surface area contributed by atoms with E-state index in [1.54, 1.807) is 37.3 Å². The summed E-state index contributed by atoms with van der Waals surface area (Å²) in [4.78, 5) is 19.0. The van der Waals surface area contributed by atoms with Gasteiger partial charge < -0.3 is 5.11 Å². The zero-order valence-electron chi connectivity index (χ0n) is 9.51. The Hall–Kier alpha value is -2.14. The summed E-state index contributed by atoms with van der Waals surface area (Å²) in [5.74, 6) is 0.393. The molecule has 0 saturated carbocycles. The first-order valence-electron chi connectivity index (χ1n) is 5.17. The van der Waals surface area contributed by atoms with Crippen LogP contribution in [0.5, 0.6) is 0 Å². The van der Waals surface area contributed by atoms with Crippen LogP contribution in [0.15, 0.2) is 30.3 Å². The molecule has 1 amide bonds. The lowest BCUT2D eigenvalue weighted by Crippen LogP contribution is -2.08. The Bertz CT molecular complexity index is 581. The number of carbonyl (C=O) groups is 1. The highest BCUT2D eigenvalue weighted by atomic mass is 35.5. The molecule has 0 aliphatic carbocycles. The summed E-state index contributed by atoms with van der Waals surface area (Å²) in [5.41, 5.74) is 1.73. The van der Waals surface area contributed by atoms with Crippen molar-refractivity contribution in [3.05, 3.63) is 41.2 Å². The van der Waals surface area contributed by atoms with E-state index in [1.807, 2.05) is 0 Å². The number of hydrogen-bond donors (Lipinski definition) is 2. The number of nitrogens with one attached hydrogen (secondary N) is 1. The van der Waals surface area contributed by atoms with E-state index in [9.17, 15) is 4.79 Å². The molecule has 5 nitrogen and oxygen atoms in total. The van der Waals surface area contributed by atoms with Gasteiger partial charge in [-0.2, -0.15) is 0 Å². The van der Waals surface area contributed by atoms with Crippen molar-refractivity contribution in [2.75, 3.05) is 5.32 Å². The fourth-order valence-electron chi connectivity index (χ4n) is 1.55. The second-order valence-corrected chi connectivity index (χ2v) is 4.02. The number of halogens is 1. The topological polar surface area (TPSA) is 75.1 Å². The SMILES string of the molecule is Cc1cc(Cl)nc(-c2ccccc2NC(=O)O)n1. The third-order valence-corrected chi connectivity index (χ3v) is 2.43. The summed E-state index contributed by atoms with van der Waals surface area (Å²) >= 11 is 5.87. The highest BCUT2D eigenvalue weighted by Crippen LogP contribution is 2.26. The first-order valence-corrected chi connectivity index (χ1v) is 5.54. The number of amides is 1. The molecule has 92 valence electrons. The van der Waals surface area contributed by atoms with Crippen molar-refractivity contribution in [1.29, 1.82) is 0 Å². The summed E-state index contributed by atoms with van der Waals surface area (Å²) in [7, 11) is 0. The highest BCUT2D eigenvalue weighted by molar-refractivity contribution is 6.29. The predicted molar refractivity (Wildman–Crippen MR) is 68.9 cm³/mol. The van der Waals surface area contributed by atoms with E-state index in [0.717, 1.165) is 5.69 Å². The van der Waals surface area contributed by atoms with E-state index in [0.29, 0.717) is 22.2 Å². The molecule has 0 aliphatic rings. The number of benzene rings is 1. The maximum Gasteiger partial charge on any atom is 0.409 e. The van der Waals surface area contributed by atoms with Gasteiger partial charge in [0.05, 0.1) is 5.69 Å². The molecule has 0 fully saturated rings. The maximum atomic E-state index is 10.7. The van der Waals surface area contributed by atoms with Gasteiger partial charge >= 0.3 is 6.09 Å². The molecular formula is C12H10ClN3O2. The number of nitrogens with zero attached hydrogens (tertiary/aromatic N) is 2. The van der Waals surface area contributed by atoms with Crippen LogP contribution in [-0.4, -0.2) is 21.2 Å². The number of hydrogen-bond acceptors (Lipinski definition) is 3. The van der Waals surface area contributed by atoms with Gasteiger partial charge in [0.2, 0.25) is 0 Å². The van der Waals surface area contributed by atoms with Gasteiger partial charge in [-0.1, -0.05) is 23.7 Å². The monoisotopic (exact) mass is 263 g/mol. The van der Waals surface area contributed by atoms with Crippen LogP contribution in [0.2, 0.25) is 5.15 Å². The van der Waals surface area contributed by atoms with Crippen LogP contribution in [0.4, 0.5) is 10.5 Å². The fourth-order valence-corrected chi connectivity index (χ4v) is 1.79. The smallest absolute Gasteiger partial charge is 0.409 e. The Labute approximate surface area is 108 Å². The van der Waals surface area contributed by atoms with Gasteiger partial charge in [0.1, 0.15) is 5.15 Å². The molecule has 1 aromatic heterocycles. The second kappa shape index (κ2) is 5.01. The molecule has 0 spiro atoms. The van der Waals surface area contributed by atoms with E-state index in [2.05, 4.69) is 15.3 Å². The fraction of sp³-hybridized carbons (Fsp3) is 0.0833. The summed E-state index contributed by atoms with van der Waals surface area (Å²) < 4.78 is 0. The zero-order chi connectivity index (χ0) is 13.1. The van der Waals surface area contributed by atoms with Crippen LogP contribution < -0.4 is 5.32 Å². The summed E-state index contributed by atoms with van der Waals surface area (Å²) in [5, 5.41) is 11.4. The second-order valence-electron chi connectivity index (χ2n) is 3.63. The number of para-hydroxylation sites is 1. The molecular weight excluding hydrogens is 254 g/mol. The van der Waals surface area contributed by atoms with Gasteiger partial charge in [0.25, 0.3) is 0 Å². The molecule has 6 heteroatoms. The number of aromatic nitrogens is 2. The zero-order valence-corrected chi connectivity index (χ0v) is 10.3. The van der Waals surface area contributed by atoms with E-state index >= 15 is 0 Å². The van der Waals surface area contributed by atoms with Gasteiger partial charge in [-0.3, -0.25) is 5.32 Å². The maximum absolute atomic E-state index is 10.7. The minimum Gasteiger partial charge on any atom is -0.465 e. The molecule has 1 heterocycles. The molecule has 0 aliphatic heterocycles. The van der Waals surface area contributed by atoms with E-state index in [1.165, 1.54) is 0 Å². The van der Waals surface area contributed by atoms with Crippen molar-refractivity contribution < 1.29 is 9.90 Å². The van der Waals surface area contributed by atoms with Crippen molar-refractivity contribution in [3.63, 3.8) is 0 Å². The van der Waals surface area contributed by atoms with Crippen molar-refractivity contribution >= 4 is 23.4 Å². The van der Waals surface area contributed by atoms with Crippen molar-refractivity contribution in [2.45, 2.75) is 6.92 Å². The first kappa shape index (κ1) is 12.3. The minimum atomic E-state index is -1.14. The van der Waals surface area contributed by atoms with Gasteiger partial charge in [-0.15, -0.1) is 0 Å². The summed E-state index contributed by atoms with van der Waals surface area (Å²) in [6, 6.07) is 8.52. The minimum absolute atomic E-state index is 0.322. The molecule has 2 rings (SSSR count).